The maximum atomic E-state index is 6.60. The van der Waals surface area contributed by atoms with Gasteiger partial charge in [0.15, 0.2) is 0 Å². The molecule has 4 aromatic heterocycles. The van der Waals surface area contributed by atoms with Crippen LogP contribution in [0.4, 0.5) is 0 Å². The number of hydrogen-bond acceptors (Lipinski definition) is 4. The van der Waals surface area contributed by atoms with Gasteiger partial charge < -0.3 is 14.0 Å². The van der Waals surface area contributed by atoms with Crippen molar-refractivity contribution in [3.63, 3.8) is 0 Å². The first-order chi connectivity index (χ1) is 27.5. The van der Waals surface area contributed by atoms with Crippen LogP contribution in [-0.2, 0) is 20.1 Å². The second-order valence-electron chi connectivity index (χ2n) is 16.5. The fourth-order valence-electron chi connectivity index (χ4n) is 7.43. The molecule has 0 aliphatic rings. The van der Waals surface area contributed by atoms with Crippen molar-refractivity contribution in [1.82, 2.24) is 19.5 Å². The smallest absolute Gasteiger partial charge is 0.120 e. The van der Waals surface area contributed by atoms with Crippen LogP contribution >= 0.6 is 0 Å². The molecular formula is C51H48IrN4OSi-2. The van der Waals surface area contributed by atoms with E-state index in [2.05, 4.69) is 179 Å². The minimum atomic E-state index is -1.24. The van der Waals surface area contributed by atoms with Gasteiger partial charge in [-0.25, -0.2) is 0 Å². The number of rotatable bonds is 7. The van der Waals surface area contributed by atoms with Crippen molar-refractivity contribution in [1.29, 1.82) is 0 Å². The van der Waals surface area contributed by atoms with Crippen molar-refractivity contribution in [2.24, 2.45) is 0 Å². The summed E-state index contributed by atoms with van der Waals surface area (Å²) in [7, 11) is -1.24. The van der Waals surface area contributed by atoms with Crippen LogP contribution in [-0.4, -0.2) is 27.6 Å². The van der Waals surface area contributed by atoms with Crippen molar-refractivity contribution >= 4 is 46.4 Å². The summed E-state index contributed by atoms with van der Waals surface area (Å²) in [6, 6.07) is 48.9. The number of pyridine rings is 2. The molecule has 0 fully saturated rings. The molecule has 58 heavy (non-hydrogen) atoms. The van der Waals surface area contributed by atoms with Gasteiger partial charge in [-0.1, -0.05) is 133 Å². The Hall–Kier alpha value is -5.46. The van der Waals surface area contributed by atoms with E-state index in [0.717, 1.165) is 61.3 Å². The Kier molecular flexibility index (Phi) is 11.8. The van der Waals surface area contributed by atoms with E-state index in [1.807, 2.05) is 24.4 Å². The molecule has 0 unspecified atom stereocenters. The van der Waals surface area contributed by atoms with Crippen LogP contribution in [0.3, 0.4) is 0 Å². The average Bonchev–Trinajstić information content (AvgIpc) is 3.79. The Morgan fingerprint density at radius 3 is 2.09 bits per heavy atom. The Morgan fingerprint density at radius 2 is 1.43 bits per heavy atom. The molecule has 5 nitrogen and oxygen atoms in total. The Bertz CT molecular complexity index is 2810. The number of fused-ring (bicyclic) bond motifs is 4. The summed E-state index contributed by atoms with van der Waals surface area (Å²) < 4.78 is 8.91. The standard InChI is InChI=1S/C36H30N3O.C15H18NSi.Ir/c1-22(2)26-13-10-14-27(23(3)4)34(26)39-31-16-9-8-15-30(31)38-36(39)29-19-20-37-33-28-18-17-25(21-32(28)40-35(29)33)24-11-6-5-7-12-24;1-12-5-7-13(8-6-12)15-10-9-14(11-16-15)17(2,3)4;/h5-18,20-23H,1-4H3;5-7,9-11H,1-4H3;/q2*-1;. The second kappa shape index (κ2) is 16.8. The van der Waals surface area contributed by atoms with E-state index in [1.54, 1.807) is 6.20 Å². The largest absolute Gasteiger partial charge is 0.513 e. The van der Waals surface area contributed by atoms with Gasteiger partial charge in [0.25, 0.3) is 0 Å². The topological polar surface area (TPSA) is 56.7 Å². The van der Waals surface area contributed by atoms with E-state index in [1.165, 1.54) is 27.6 Å². The number of furan rings is 1. The van der Waals surface area contributed by atoms with Crippen LogP contribution in [0.5, 0.6) is 0 Å². The van der Waals surface area contributed by atoms with Crippen LogP contribution in [0.2, 0.25) is 19.6 Å². The Labute approximate surface area is 356 Å². The summed E-state index contributed by atoms with van der Waals surface area (Å²) in [4.78, 5) is 14.5. The summed E-state index contributed by atoms with van der Waals surface area (Å²) in [5, 5.41) is 2.38. The molecule has 0 amide bonds. The molecule has 0 bridgehead atoms. The van der Waals surface area contributed by atoms with Crippen molar-refractivity contribution in [2.45, 2.75) is 66.1 Å². The maximum absolute atomic E-state index is 6.60. The molecule has 0 saturated carbocycles. The van der Waals surface area contributed by atoms with Gasteiger partial charge >= 0.3 is 0 Å². The van der Waals surface area contributed by atoms with E-state index in [0.29, 0.717) is 17.4 Å². The maximum Gasteiger partial charge on any atom is 0.120 e. The average molecular weight is 953 g/mol. The molecular weight excluding hydrogens is 905 g/mol. The molecule has 0 saturated heterocycles. The zero-order valence-corrected chi connectivity index (χ0v) is 37.8. The summed E-state index contributed by atoms with van der Waals surface area (Å²) >= 11 is 0. The van der Waals surface area contributed by atoms with Gasteiger partial charge in [0.2, 0.25) is 0 Å². The van der Waals surface area contributed by atoms with Gasteiger partial charge in [0.05, 0.1) is 30.2 Å². The van der Waals surface area contributed by atoms with Crippen molar-refractivity contribution in [3.8, 4) is 39.5 Å². The predicted octanol–water partition coefficient (Wildman–Crippen LogP) is 13.1. The summed E-state index contributed by atoms with van der Waals surface area (Å²) in [5.74, 6) is 1.49. The quantitative estimate of drug-likeness (QED) is 0.118. The first kappa shape index (κ1) is 40.7. The third-order valence-electron chi connectivity index (χ3n) is 10.6. The minimum absolute atomic E-state index is 0. The number of aryl methyl sites for hydroxylation is 1. The Morgan fingerprint density at radius 1 is 0.707 bits per heavy atom. The first-order valence-electron chi connectivity index (χ1n) is 19.8. The third kappa shape index (κ3) is 8.00. The zero-order valence-electron chi connectivity index (χ0n) is 34.4. The van der Waals surface area contributed by atoms with Crippen LogP contribution < -0.4 is 5.19 Å². The minimum Gasteiger partial charge on any atom is -0.513 e. The van der Waals surface area contributed by atoms with Gasteiger partial charge in [0.1, 0.15) is 5.58 Å². The number of aromatic nitrogens is 4. The first-order valence-corrected chi connectivity index (χ1v) is 23.3. The van der Waals surface area contributed by atoms with Gasteiger partial charge in [-0.05, 0) is 75.4 Å². The summed E-state index contributed by atoms with van der Waals surface area (Å²) in [6.07, 6.45) is 3.77. The van der Waals surface area contributed by atoms with E-state index in [-0.39, 0.29) is 20.1 Å². The molecule has 0 N–H and O–H groups in total. The van der Waals surface area contributed by atoms with E-state index in [9.17, 15) is 0 Å². The summed E-state index contributed by atoms with van der Waals surface area (Å²) in [5.41, 5.74) is 14.5. The summed E-state index contributed by atoms with van der Waals surface area (Å²) in [6.45, 7) is 18.1. The van der Waals surface area contributed by atoms with E-state index in [4.69, 9.17) is 14.4 Å². The molecule has 0 aliphatic heterocycles. The monoisotopic (exact) mass is 953 g/mol. The molecule has 9 rings (SSSR count). The molecule has 0 atom stereocenters. The second-order valence-corrected chi connectivity index (χ2v) is 21.5. The van der Waals surface area contributed by atoms with Gasteiger partial charge in [-0.15, -0.1) is 47.0 Å². The Balaban J connectivity index is 0.000000240. The fourth-order valence-corrected chi connectivity index (χ4v) is 8.47. The molecule has 5 aromatic carbocycles. The van der Waals surface area contributed by atoms with Crippen molar-refractivity contribution in [2.75, 3.05) is 0 Å². The zero-order chi connectivity index (χ0) is 39.8. The predicted molar refractivity (Wildman–Crippen MR) is 240 cm³/mol. The molecule has 9 aromatic rings. The van der Waals surface area contributed by atoms with Crippen LogP contribution in [0.15, 0.2) is 138 Å². The van der Waals surface area contributed by atoms with E-state index < -0.39 is 8.07 Å². The van der Waals surface area contributed by atoms with Gasteiger partial charge in [-0.2, -0.15) is 0 Å². The van der Waals surface area contributed by atoms with Crippen LogP contribution in [0.25, 0.3) is 72.6 Å². The number of nitrogens with zero attached hydrogens (tertiary/aromatic N) is 4. The molecule has 4 heterocycles. The molecule has 0 aliphatic carbocycles. The molecule has 293 valence electrons. The number of para-hydroxylation sites is 3. The SMILES string of the molecule is CC(C)c1cccc(C(C)C)c1-n1c(-c2[c-]cnc3c2oc2cc(-c4ccccc4)ccc23)nc2ccccc21.Cc1c[c-]c(-c2ccc([Si](C)(C)C)cn2)cc1.[Ir]. The van der Waals surface area contributed by atoms with Gasteiger partial charge in [0, 0.05) is 43.2 Å². The third-order valence-corrected chi connectivity index (χ3v) is 12.7. The van der Waals surface area contributed by atoms with E-state index >= 15 is 0 Å². The number of imidazole rings is 1. The van der Waals surface area contributed by atoms with Crippen molar-refractivity contribution in [3.05, 3.63) is 163 Å². The normalized spacial score (nSPS) is 11.6. The molecule has 7 heteroatoms. The molecule has 1 radical (unpaired) electrons. The number of benzene rings is 5. The number of hydrogen-bond donors (Lipinski definition) is 0. The molecule has 0 spiro atoms. The van der Waals surface area contributed by atoms with Crippen molar-refractivity contribution < 1.29 is 24.5 Å². The van der Waals surface area contributed by atoms with Crippen LogP contribution in [0, 0.1) is 19.1 Å². The van der Waals surface area contributed by atoms with Gasteiger partial charge in [-0.3, -0.25) is 9.97 Å². The van der Waals surface area contributed by atoms with Crippen LogP contribution in [0.1, 0.15) is 56.2 Å². The fraction of sp³-hybridized carbons (Fsp3) is 0.196.